The second-order valence-corrected chi connectivity index (χ2v) is 5.94. The van der Waals surface area contributed by atoms with Crippen molar-refractivity contribution < 1.29 is 14.7 Å². The molecule has 0 heterocycles. The number of rotatable bonds is 3. The van der Waals surface area contributed by atoms with Crippen LogP contribution in [0.5, 0.6) is 0 Å². The fourth-order valence-electron chi connectivity index (χ4n) is 3.39. The maximum Gasteiger partial charge on any atom is 0.335 e. The summed E-state index contributed by atoms with van der Waals surface area (Å²) in [6.45, 7) is 1.54. The molecule has 1 amide bonds. The fraction of sp³-hybridized carbons (Fsp3) is 0.263. The highest BCUT2D eigenvalue weighted by Gasteiger charge is 2.28. The van der Waals surface area contributed by atoms with Gasteiger partial charge in [0.15, 0.2) is 0 Å². The van der Waals surface area contributed by atoms with Crippen molar-refractivity contribution in [1.82, 2.24) is 5.32 Å². The van der Waals surface area contributed by atoms with Gasteiger partial charge in [-0.2, -0.15) is 0 Å². The molecule has 2 aromatic carbocycles. The van der Waals surface area contributed by atoms with Crippen LogP contribution in [-0.2, 0) is 4.79 Å². The summed E-state index contributed by atoms with van der Waals surface area (Å²) in [4.78, 5) is 22.4. The smallest absolute Gasteiger partial charge is 0.335 e. The summed E-state index contributed by atoms with van der Waals surface area (Å²) in [5, 5.41) is 12.0. The van der Waals surface area contributed by atoms with E-state index in [0.29, 0.717) is 5.56 Å². The molecule has 2 atom stereocenters. The molecule has 0 spiro atoms. The zero-order valence-electron chi connectivity index (χ0n) is 13.0. The Hall–Kier alpha value is -2.62. The number of carbonyl (C=O) groups excluding carboxylic acids is 1. The van der Waals surface area contributed by atoms with Crippen LogP contribution in [0.1, 0.15) is 58.8 Å². The third-order valence-corrected chi connectivity index (χ3v) is 4.43. The van der Waals surface area contributed by atoms with Crippen molar-refractivity contribution in [3.05, 3.63) is 70.8 Å². The Morgan fingerprint density at radius 3 is 2.26 bits per heavy atom. The van der Waals surface area contributed by atoms with E-state index in [9.17, 15) is 9.59 Å². The highest BCUT2D eigenvalue weighted by atomic mass is 16.4. The molecule has 2 N–H and O–H groups in total. The molecule has 3 rings (SSSR count). The van der Waals surface area contributed by atoms with Gasteiger partial charge in [-0.3, -0.25) is 4.79 Å². The molecule has 0 bridgehead atoms. The maximum absolute atomic E-state index is 11.4. The van der Waals surface area contributed by atoms with Crippen LogP contribution in [0.25, 0.3) is 0 Å². The molecule has 2 unspecified atom stereocenters. The van der Waals surface area contributed by atoms with E-state index in [1.807, 2.05) is 24.3 Å². The molecule has 0 aromatic heterocycles. The van der Waals surface area contributed by atoms with Crippen LogP contribution in [0.15, 0.2) is 48.5 Å². The predicted molar refractivity (Wildman–Crippen MR) is 87.5 cm³/mol. The molecule has 4 nitrogen and oxygen atoms in total. The zero-order chi connectivity index (χ0) is 16.4. The number of hydrogen-bond acceptors (Lipinski definition) is 2. The second-order valence-electron chi connectivity index (χ2n) is 5.94. The summed E-state index contributed by atoms with van der Waals surface area (Å²) < 4.78 is 0. The first-order valence-corrected chi connectivity index (χ1v) is 7.75. The van der Waals surface area contributed by atoms with Crippen molar-refractivity contribution in [1.29, 1.82) is 0 Å². The summed E-state index contributed by atoms with van der Waals surface area (Å²) in [5.74, 6) is -0.695. The van der Waals surface area contributed by atoms with Gasteiger partial charge in [0.1, 0.15) is 0 Å². The van der Waals surface area contributed by atoms with E-state index >= 15 is 0 Å². The van der Waals surface area contributed by atoms with E-state index in [0.717, 1.165) is 24.0 Å². The molecule has 2 aromatic rings. The van der Waals surface area contributed by atoms with E-state index in [2.05, 4.69) is 17.4 Å². The first kappa shape index (κ1) is 15.3. The lowest BCUT2D eigenvalue weighted by Gasteiger charge is -2.32. The largest absolute Gasteiger partial charge is 0.478 e. The normalized spacial score (nSPS) is 19.7. The number of carboxylic acid groups (broad SMARTS) is 1. The van der Waals surface area contributed by atoms with Gasteiger partial charge in [0, 0.05) is 12.8 Å². The van der Waals surface area contributed by atoms with Gasteiger partial charge < -0.3 is 10.4 Å². The summed E-state index contributed by atoms with van der Waals surface area (Å²) in [7, 11) is 0. The lowest BCUT2D eigenvalue weighted by molar-refractivity contribution is -0.119. The molecule has 1 aliphatic rings. The molecular formula is C19H19NO3. The van der Waals surface area contributed by atoms with Gasteiger partial charge in [0.05, 0.1) is 11.6 Å². The average Bonchev–Trinajstić information content (AvgIpc) is 2.55. The number of amides is 1. The van der Waals surface area contributed by atoms with Crippen LogP contribution in [0.4, 0.5) is 0 Å². The van der Waals surface area contributed by atoms with Crippen LogP contribution < -0.4 is 5.32 Å². The average molecular weight is 309 g/mol. The van der Waals surface area contributed by atoms with E-state index < -0.39 is 5.97 Å². The van der Waals surface area contributed by atoms with Gasteiger partial charge in [-0.05, 0) is 41.7 Å². The minimum Gasteiger partial charge on any atom is -0.478 e. The van der Waals surface area contributed by atoms with Crippen molar-refractivity contribution in [2.24, 2.45) is 0 Å². The van der Waals surface area contributed by atoms with Crippen molar-refractivity contribution in [2.75, 3.05) is 0 Å². The second kappa shape index (κ2) is 6.24. The van der Waals surface area contributed by atoms with Crippen LogP contribution in [0, 0.1) is 0 Å². The molecule has 4 heteroatoms. The first-order chi connectivity index (χ1) is 11.1. The van der Waals surface area contributed by atoms with E-state index in [4.69, 9.17) is 5.11 Å². The molecule has 1 aliphatic carbocycles. The van der Waals surface area contributed by atoms with Crippen molar-refractivity contribution >= 4 is 11.9 Å². The van der Waals surface area contributed by atoms with Gasteiger partial charge >= 0.3 is 5.97 Å². The Morgan fingerprint density at radius 1 is 1.00 bits per heavy atom. The summed E-state index contributed by atoms with van der Waals surface area (Å²) in [5.41, 5.74) is 3.78. The quantitative estimate of drug-likeness (QED) is 0.912. The van der Waals surface area contributed by atoms with Crippen molar-refractivity contribution in [3.63, 3.8) is 0 Å². The maximum atomic E-state index is 11.4. The minimum absolute atomic E-state index is 0.0194. The number of nitrogens with one attached hydrogen (secondary N) is 1. The van der Waals surface area contributed by atoms with Crippen molar-refractivity contribution in [2.45, 2.75) is 31.7 Å². The van der Waals surface area contributed by atoms with Gasteiger partial charge in [0.25, 0.3) is 0 Å². The Kier molecular flexibility index (Phi) is 4.15. The Labute approximate surface area is 135 Å². The molecule has 0 saturated heterocycles. The van der Waals surface area contributed by atoms with Gasteiger partial charge in [0.2, 0.25) is 5.91 Å². The first-order valence-electron chi connectivity index (χ1n) is 7.75. The number of benzene rings is 2. The number of fused-ring (bicyclic) bond motifs is 1. The monoisotopic (exact) mass is 309 g/mol. The number of hydrogen-bond donors (Lipinski definition) is 2. The summed E-state index contributed by atoms with van der Waals surface area (Å²) >= 11 is 0. The minimum atomic E-state index is -0.911. The Bertz CT molecular complexity index is 737. The van der Waals surface area contributed by atoms with Crippen LogP contribution in [0.3, 0.4) is 0 Å². The van der Waals surface area contributed by atoms with Gasteiger partial charge in [-0.15, -0.1) is 0 Å². The molecule has 0 fully saturated rings. The fourth-order valence-corrected chi connectivity index (χ4v) is 3.39. The highest BCUT2D eigenvalue weighted by molar-refractivity contribution is 5.87. The zero-order valence-corrected chi connectivity index (χ0v) is 13.0. The predicted octanol–water partition coefficient (Wildman–Crippen LogP) is 3.49. The van der Waals surface area contributed by atoms with Crippen LogP contribution in [-0.4, -0.2) is 17.0 Å². The molecule has 118 valence electrons. The third-order valence-electron chi connectivity index (χ3n) is 4.43. The van der Waals surface area contributed by atoms with Crippen LogP contribution >= 0.6 is 0 Å². The SMILES string of the molecule is CC(=O)NC1CCC(c2ccc(C(=O)O)cc2)c2ccccc21. The summed E-state index contributed by atoms with van der Waals surface area (Å²) in [6.07, 6.45) is 1.80. The third kappa shape index (κ3) is 3.11. The van der Waals surface area contributed by atoms with Gasteiger partial charge in [-0.1, -0.05) is 36.4 Å². The van der Waals surface area contributed by atoms with Gasteiger partial charge in [-0.25, -0.2) is 4.79 Å². The topological polar surface area (TPSA) is 66.4 Å². The lowest BCUT2D eigenvalue weighted by Crippen LogP contribution is -2.30. The van der Waals surface area contributed by atoms with E-state index in [1.54, 1.807) is 19.1 Å². The Balaban J connectivity index is 1.94. The molecule has 0 radical (unpaired) electrons. The van der Waals surface area contributed by atoms with E-state index in [1.165, 1.54) is 5.56 Å². The number of carboxylic acids is 1. The Morgan fingerprint density at radius 2 is 1.65 bits per heavy atom. The molecular weight excluding hydrogens is 290 g/mol. The molecule has 0 saturated carbocycles. The van der Waals surface area contributed by atoms with E-state index in [-0.39, 0.29) is 17.9 Å². The van der Waals surface area contributed by atoms with Crippen LogP contribution in [0.2, 0.25) is 0 Å². The summed E-state index contributed by atoms with van der Waals surface area (Å²) in [6, 6.07) is 15.3. The number of carbonyl (C=O) groups is 2. The van der Waals surface area contributed by atoms with Crippen molar-refractivity contribution in [3.8, 4) is 0 Å². The standard InChI is InChI=1S/C19H19NO3/c1-12(21)20-18-11-10-15(16-4-2-3-5-17(16)18)13-6-8-14(9-7-13)19(22)23/h2-9,15,18H,10-11H2,1H3,(H,20,21)(H,22,23). The molecule has 23 heavy (non-hydrogen) atoms. The molecule has 0 aliphatic heterocycles. The highest BCUT2D eigenvalue weighted by Crippen LogP contribution is 2.41. The lowest BCUT2D eigenvalue weighted by atomic mass is 9.76. The number of aromatic carboxylic acids is 1.